The molecule has 24 heteroatoms. The van der Waals surface area contributed by atoms with Gasteiger partial charge < -0.3 is 88.2 Å². The van der Waals surface area contributed by atoms with Gasteiger partial charge in [-0.15, -0.1) is 0 Å². The zero-order valence-electron chi connectivity index (χ0n) is 79.6. The maximum atomic E-state index is 7.15. The second-order valence-corrected chi connectivity index (χ2v) is 36.6. The molecule has 8 aromatic carbocycles. The summed E-state index contributed by atoms with van der Waals surface area (Å²) >= 11 is 0. The van der Waals surface area contributed by atoms with Crippen LogP contribution in [0.15, 0.2) is 133 Å². The van der Waals surface area contributed by atoms with Gasteiger partial charge in [0.15, 0.2) is 34.5 Å². The first-order valence-corrected chi connectivity index (χ1v) is 49.5. The Morgan fingerprint density at radius 1 is 0.216 bits per heavy atom. The number of hydrogen-bond acceptors (Lipinski definition) is 18. The molecule has 22 nitrogen and oxygen atoms in total. The third-order valence-electron chi connectivity index (χ3n) is 27.5. The first kappa shape index (κ1) is 95.7. The van der Waals surface area contributed by atoms with E-state index in [-0.39, 0.29) is 33.6 Å². The van der Waals surface area contributed by atoms with Crippen LogP contribution < -0.4 is 48.4 Å². The van der Waals surface area contributed by atoms with Crippen molar-refractivity contribution in [3.05, 3.63) is 133 Å². The monoisotopic (exact) mass is 1890 g/mol. The standard InChI is InChI=1S/C110H124N16O6.Cu.Ni/c1-13-25-37-65(19-7)59-127-89-53-83-85(55-91(89)129-61-67(21-9)39-27-15-3)107-122-105(83)120-103-81-51-71-49-79-80(102-117-100-78-48-36-34-46-76(78)98(115-100)113-96-74-44-32-31-43-73(74)95(111-96)112-97-75-45-33-35-47-77(75)99(114-97)116-101(79)118-102)50-72(71)52-82(81)104(119-103)121-106-84-54-90(128-60-66(20-8)38-26-14-2)92(130-62-68(22-10)40-28-16-4)56-86(84)108(123-106)125-110-88-58-94(132-64-70(24-12)42-30-18-6)93(57-87(88)109(124-107)126-110)131-63-69(23-11)41-29-17-5;;/h31-36,43-58,65-70H,13-30,37-42,59-64H2,1-12H3;;/q-4;2*+2. The van der Waals surface area contributed by atoms with Gasteiger partial charge in [-0.25, -0.2) is 19.9 Å². The van der Waals surface area contributed by atoms with Crippen LogP contribution >= 0.6 is 0 Å². The molecule has 10 heterocycles. The first-order chi connectivity index (χ1) is 64.8. The van der Waals surface area contributed by atoms with Crippen LogP contribution in [-0.2, 0) is 33.6 Å². The predicted octanol–water partition coefficient (Wildman–Crippen LogP) is 27.3. The van der Waals surface area contributed by atoms with Gasteiger partial charge in [-0.2, -0.15) is 0 Å². The van der Waals surface area contributed by atoms with Crippen molar-refractivity contribution in [2.45, 2.75) is 237 Å². The largest absolute Gasteiger partial charge is 2.00 e. The van der Waals surface area contributed by atoms with Gasteiger partial charge >= 0.3 is 33.6 Å². The molecule has 1 radical (unpaired) electrons. The van der Waals surface area contributed by atoms with Gasteiger partial charge in [0.1, 0.15) is 0 Å². The van der Waals surface area contributed by atoms with Gasteiger partial charge in [0.25, 0.3) is 0 Å². The van der Waals surface area contributed by atoms with Crippen LogP contribution in [-0.4, -0.2) is 99.4 Å². The molecule has 0 spiro atoms. The summed E-state index contributed by atoms with van der Waals surface area (Å²) in [7, 11) is 0. The molecule has 6 unspecified atom stereocenters. The fraction of sp³-hybridized carbons (Fsp3) is 0.436. The van der Waals surface area contributed by atoms with E-state index in [2.05, 4.69) is 144 Å². The predicted molar refractivity (Wildman–Crippen MR) is 532 cm³/mol. The van der Waals surface area contributed by atoms with E-state index in [0.29, 0.717) is 245 Å². The quantitative estimate of drug-likeness (QED) is 0.0322. The number of rotatable bonds is 42. The molecule has 18 rings (SSSR count). The summed E-state index contributed by atoms with van der Waals surface area (Å²) in [6.07, 6.45) is 25.3. The summed E-state index contributed by atoms with van der Waals surface area (Å²) in [5.74, 6) is 8.83. The Morgan fingerprint density at radius 3 is 0.619 bits per heavy atom. The van der Waals surface area contributed by atoms with Crippen LogP contribution in [0.4, 0.5) is 0 Å². The van der Waals surface area contributed by atoms with Gasteiger partial charge in [-0.05, 0) is 189 Å². The smallest absolute Gasteiger partial charge is 0.489 e. The normalized spacial score (nSPS) is 13.4. The van der Waals surface area contributed by atoms with Crippen LogP contribution in [0.2, 0.25) is 0 Å². The second kappa shape index (κ2) is 43.9. The molecule has 4 aliphatic heterocycles. The molecule has 0 fully saturated rings. The summed E-state index contributed by atoms with van der Waals surface area (Å²) in [6.45, 7) is 30.0. The third kappa shape index (κ3) is 20.3. The van der Waals surface area contributed by atoms with Gasteiger partial charge in [-0.1, -0.05) is 271 Å². The number of hydrogen-bond donors (Lipinski definition) is 0. The molecule has 0 saturated heterocycles. The van der Waals surface area contributed by atoms with Gasteiger partial charge in [-0.3, -0.25) is 0 Å². The summed E-state index contributed by atoms with van der Waals surface area (Å²) < 4.78 is 42.9. The molecule has 0 N–H and O–H groups in total. The molecule has 4 aliphatic rings. The zero-order chi connectivity index (χ0) is 90.9. The van der Waals surface area contributed by atoms with Gasteiger partial charge in [0.05, 0.1) is 86.2 Å². The van der Waals surface area contributed by atoms with E-state index in [1.165, 1.54) is 0 Å². The van der Waals surface area contributed by atoms with Crippen molar-refractivity contribution in [2.75, 3.05) is 39.6 Å². The molecule has 6 atom stereocenters. The third-order valence-corrected chi connectivity index (χ3v) is 27.5. The zero-order valence-corrected chi connectivity index (χ0v) is 81.5. The molecule has 701 valence electrons. The maximum absolute atomic E-state index is 7.15. The van der Waals surface area contributed by atoms with E-state index in [1.807, 2.05) is 72.8 Å². The van der Waals surface area contributed by atoms with Crippen molar-refractivity contribution in [1.82, 2.24) is 79.7 Å². The summed E-state index contributed by atoms with van der Waals surface area (Å²) in [5, 5.41) is 7.70. The topological polar surface area (TPSA) is 266 Å². The van der Waals surface area contributed by atoms with E-state index >= 15 is 0 Å². The van der Waals surface area contributed by atoms with Crippen LogP contribution in [0.1, 0.15) is 237 Å². The van der Waals surface area contributed by atoms with Crippen LogP contribution in [0.25, 0.3) is 190 Å². The summed E-state index contributed by atoms with van der Waals surface area (Å²) in [5.41, 5.74) is 9.19. The van der Waals surface area contributed by atoms with E-state index < -0.39 is 0 Å². The van der Waals surface area contributed by atoms with E-state index in [9.17, 15) is 0 Å². The number of unbranched alkanes of at least 4 members (excludes halogenated alkanes) is 6. The Morgan fingerprint density at radius 2 is 0.403 bits per heavy atom. The Bertz CT molecular complexity index is 6530. The number of fused-ring (bicyclic) bond motifs is 41. The fourth-order valence-electron chi connectivity index (χ4n) is 18.7. The number of aromatic nitrogens is 16. The van der Waals surface area contributed by atoms with Crippen molar-refractivity contribution in [3.63, 3.8) is 0 Å². The Balaban J connectivity index is 0.00000653. The van der Waals surface area contributed by atoms with E-state index in [0.717, 1.165) is 209 Å². The van der Waals surface area contributed by atoms with Gasteiger partial charge in [0.2, 0.25) is 0 Å². The molecule has 6 aromatic heterocycles. The number of nitrogens with zero attached hydrogens (tertiary/aromatic N) is 16. The molecule has 0 amide bonds. The van der Waals surface area contributed by atoms with Crippen molar-refractivity contribution in [3.8, 4) is 126 Å². The second-order valence-electron chi connectivity index (χ2n) is 36.6. The van der Waals surface area contributed by atoms with Crippen LogP contribution in [0.5, 0.6) is 34.5 Å². The average Bonchev–Trinajstić information content (AvgIpc) is 1.58. The minimum atomic E-state index is 0. The van der Waals surface area contributed by atoms with E-state index in [1.54, 1.807) is 0 Å². The molecular formula is C110H124CuN16NiO6. The van der Waals surface area contributed by atoms with Crippen molar-refractivity contribution < 1.29 is 62.0 Å². The van der Waals surface area contributed by atoms with Crippen molar-refractivity contribution in [2.24, 2.45) is 35.5 Å². The molecule has 16 bridgehead atoms. The SMILES string of the molecule is CCCCC(CC)COc1cc2c(cc1OCC(CC)CCCC)-c1nc-2nc2[n-]c(nc3nc(nc4[n-]c(n1)c1cc5cc6c(cc5cc41)-c1nc-6nc4[n-]c(nc5nc(nc6[n-]c(n1)c1ccccc61)-c1ccccc1-5)c1ccccc41)-c1cc(OCC(CC)CCCC)c(OCC(CC)CCCC)cc1-3)c1cc(OCC(CC)CCCC)c(OCC(CC)CCCC)cc21.[Cu+2].[Ni+2]. The van der Waals surface area contributed by atoms with Crippen molar-refractivity contribution >= 4 is 99.0 Å². The number of benzene rings is 8. The number of ether oxygens (including phenoxy) is 6. The van der Waals surface area contributed by atoms with Crippen LogP contribution in [0, 0.1) is 35.5 Å². The molecule has 0 saturated carbocycles. The summed E-state index contributed by atoms with van der Waals surface area (Å²) in [6, 6.07) is 45.0. The first-order valence-electron chi connectivity index (χ1n) is 49.5. The van der Waals surface area contributed by atoms with Crippen molar-refractivity contribution in [1.29, 1.82) is 0 Å². The molecule has 134 heavy (non-hydrogen) atoms. The van der Waals surface area contributed by atoms with Crippen LogP contribution in [0.3, 0.4) is 0 Å². The average molecular weight is 1890 g/mol. The Kier molecular flexibility index (Phi) is 31.4. The van der Waals surface area contributed by atoms with Gasteiger partial charge in [0, 0.05) is 89.7 Å². The fourth-order valence-corrected chi connectivity index (χ4v) is 18.7. The maximum Gasteiger partial charge on any atom is 2.00 e. The molecule has 0 aliphatic carbocycles. The molecular weight excluding hydrogens is 1760 g/mol. The Labute approximate surface area is 806 Å². The Hall–Kier alpha value is -11.4. The van der Waals surface area contributed by atoms with E-state index in [4.69, 9.17) is 108 Å². The summed E-state index contributed by atoms with van der Waals surface area (Å²) in [4.78, 5) is 87.8. The minimum Gasteiger partial charge on any atom is -0.489 e. The molecule has 14 aromatic rings. The minimum absolute atomic E-state index is 0.